The first-order valence-corrected chi connectivity index (χ1v) is 8.69. The Labute approximate surface area is 158 Å². The van der Waals surface area contributed by atoms with Gasteiger partial charge >= 0.3 is 6.03 Å². The molecule has 0 aliphatic heterocycles. The zero-order valence-corrected chi connectivity index (χ0v) is 15.3. The fourth-order valence-corrected chi connectivity index (χ4v) is 2.81. The monoisotopic (exact) mass is 419 g/mol. The lowest BCUT2D eigenvalue weighted by Crippen LogP contribution is -2.29. The molecule has 0 saturated carbocycles. The summed E-state index contributed by atoms with van der Waals surface area (Å²) < 4.78 is 29.3. The van der Waals surface area contributed by atoms with Crippen LogP contribution in [-0.4, -0.2) is 10.6 Å². The molecule has 0 unspecified atom stereocenters. The maximum atomic E-state index is 13.8. The van der Waals surface area contributed by atoms with Gasteiger partial charge in [-0.2, -0.15) is 0 Å². The van der Waals surface area contributed by atoms with Crippen molar-refractivity contribution < 1.29 is 13.6 Å². The molecule has 1 heterocycles. The van der Waals surface area contributed by atoms with Crippen molar-refractivity contribution >= 4 is 27.6 Å². The highest BCUT2D eigenvalue weighted by Gasteiger charge is 2.08. The van der Waals surface area contributed by atoms with Crippen LogP contribution >= 0.6 is 15.9 Å². The Hall–Kier alpha value is -2.67. The van der Waals surface area contributed by atoms with Crippen LogP contribution in [0.2, 0.25) is 0 Å². The van der Waals surface area contributed by atoms with Gasteiger partial charge in [-0.15, -0.1) is 0 Å². The van der Waals surface area contributed by atoms with Crippen molar-refractivity contribution in [3.63, 3.8) is 0 Å². The number of amides is 2. The number of hydrogen-bond donors (Lipinski definition) is 2. The molecular weight excluding hydrogens is 404 g/mol. The molecule has 0 saturated heterocycles. The summed E-state index contributed by atoms with van der Waals surface area (Å²) in [6.45, 7) is 0.839. The first kappa shape index (κ1) is 18.1. The third-order valence-electron chi connectivity index (χ3n) is 3.80. The Bertz CT molecular complexity index is 909. The van der Waals surface area contributed by atoms with Gasteiger partial charge in [-0.25, -0.2) is 13.6 Å². The Morgan fingerprint density at radius 3 is 2.58 bits per heavy atom. The van der Waals surface area contributed by atoms with Crippen LogP contribution < -0.4 is 10.6 Å². The van der Waals surface area contributed by atoms with E-state index in [-0.39, 0.29) is 18.0 Å². The SMILES string of the molecule is O=C(NCc1cccn1Cc1ccc(F)cc1)Nc1ccc(Br)cc1F. The van der Waals surface area contributed by atoms with Crippen LogP contribution in [0.1, 0.15) is 11.3 Å². The summed E-state index contributed by atoms with van der Waals surface area (Å²) in [5.41, 5.74) is 1.93. The van der Waals surface area contributed by atoms with E-state index in [0.29, 0.717) is 11.0 Å². The van der Waals surface area contributed by atoms with Gasteiger partial charge in [-0.1, -0.05) is 28.1 Å². The smallest absolute Gasteiger partial charge is 0.319 e. The number of urea groups is 1. The molecule has 1 aromatic heterocycles. The predicted octanol–water partition coefficient (Wildman–Crippen LogP) is 4.90. The number of rotatable bonds is 5. The molecule has 4 nitrogen and oxygen atoms in total. The number of carbonyl (C=O) groups is 1. The lowest BCUT2D eigenvalue weighted by atomic mass is 10.2. The van der Waals surface area contributed by atoms with Gasteiger partial charge in [0.05, 0.1) is 12.2 Å². The van der Waals surface area contributed by atoms with Gasteiger partial charge in [-0.3, -0.25) is 0 Å². The van der Waals surface area contributed by atoms with E-state index in [9.17, 15) is 13.6 Å². The first-order chi connectivity index (χ1) is 12.5. The lowest BCUT2D eigenvalue weighted by Gasteiger charge is -2.12. The van der Waals surface area contributed by atoms with Crippen molar-refractivity contribution in [2.45, 2.75) is 13.1 Å². The molecule has 0 aliphatic carbocycles. The fourth-order valence-electron chi connectivity index (χ4n) is 2.48. The van der Waals surface area contributed by atoms with E-state index in [1.165, 1.54) is 24.3 Å². The summed E-state index contributed by atoms with van der Waals surface area (Å²) in [6.07, 6.45) is 1.88. The fraction of sp³-hybridized carbons (Fsp3) is 0.105. The van der Waals surface area contributed by atoms with E-state index in [1.54, 1.807) is 18.2 Å². The third kappa shape index (κ3) is 4.70. The van der Waals surface area contributed by atoms with Crippen LogP contribution in [0, 0.1) is 11.6 Å². The van der Waals surface area contributed by atoms with Crippen molar-refractivity contribution in [2.75, 3.05) is 5.32 Å². The molecule has 26 heavy (non-hydrogen) atoms. The molecular formula is C19H16BrF2N3O. The van der Waals surface area contributed by atoms with Gasteiger partial charge < -0.3 is 15.2 Å². The number of hydrogen-bond acceptors (Lipinski definition) is 1. The highest BCUT2D eigenvalue weighted by Crippen LogP contribution is 2.19. The lowest BCUT2D eigenvalue weighted by molar-refractivity contribution is 0.251. The molecule has 0 radical (unpaired) electrons. The zero-order chi connectivity index (χ0) is 18.5. The van der Waals surface area contributed by atoms with Crippen molar-refractivity contribution in [3.8, 4) is 0 Å². The number of nitrogens with zero attached hydrogens (tertiary/aromatic N) is 1. The van der Waals surface area contributed by atoms with Crippen LogP contribution in [0.15, 0.2) is 65.3 Å². The van der Waals surface area contributed by atoms with Crippen LogP contribution in [-0.2, 0) is 13.1 Å². The Morgan fingerprint density at radius 2 is 1.85 bits per heavy atom. The van der Waals surface area contributed by atoms with Gasteiger partial charge in [0.1, 0.15) is 11.6 Å². The molecule has 3 aromatic rings. The Kier molecular flexibility index (Phi) is 5.68. The second-order valence-electron chi connectivity index (χ2n) is 5.69. The minimum atomic E-state index is -0.519. The maximum absolute atomic E-state index is 13.8. The minimum Gasteiger partial charge on any atom is -0.345 e. The highest BCUT2D eigenvalue weighted by molar-refractivity contribution is 9.10. The van der Waals surface area contributed by atoms with Crippen molar-refractivity contribution in [1.82, 2.24) is 9.88 Å². The van der Waals surface area contributed by atoms with Gasteiger partial charge in [0, 0.05) is 22.9 Å². The molecule has 2 N–H and O–H groups in total. The zero-order valence-electron chi connectivity index (χ0n) is 13.7. The van der Waals surface area contributed by atoms with Crippen LogP contribution in [0.25, 0.3) is 0 Å². The van der Waals surface area contributed by atoms with Crippen LogP contribution in [0.4, 0.5) is 19.3 Å². The summed E-state index contributed by atoms with van der Waals surface area (Å²) in [4.78, 5) is 12.0. The van der Waals surface area contributed by atoms with E-state index in [1.807, 2.05) is 22.9 Å². The van der Waals surface area contributed by atoms with Crippen LogP contribution in [0.3, 0.4) is 0 Å². The van der Waals surface area contributed by atoms with Crippen molar-refractivity contribution in [1.29, 1.82) is 0 Å². The number of nitrogens with one attached hydrogen (secondary N) is 2. The van der Waals surface area contributed by atoms with E-state index >= 15 is 0 Å². The molecule has 0 atom stereocenters. The predicted molar refractivity (Wildman–Crippen MR) is 99.9 cm³/mol. The van der Waals surface area contributed by atoms with E-state index in [2.05, 4.69) is 26.6 Å². The first-order valence-electron chi connectivity index (χ1n) is 7.89. The topological polar surface area (TPSA) is 46.1 Å². The average molecular weight is 420 g/mol. The molecule has 0 spiro atoms. The molecule has 0 aliphatic rings. The quantitative estimate of drug-likeness (QED) is 0.606. The average Bonchev–Trinajstić information content (AvgIpc) is 3.05. The molecule has 134 valence electrons. The van der Waals surface area contributed by atoms with Crippen LogP contribution in [0.5, 0.6) is 0 Å². The summed E-state index contributed by atoms with van der Waals surface area (Å²) in [6, 6.07) is 13.9. The summed E-state index contributed by atoms with van der Waals surface area (Å²) in [7, 11) is 0. The minimum absolute atomic E-state index is 0.104. The highest BCUT2D eigenvalue weighted by atomic mass is 79.9. The second kappa shape index (κ2) is 8.14. The molecule has 0 bridgehead atoms. The molecule has 2 amide bonds. The largest absolute Gasteiger partial charge is 0.345 e. The number of halogens is 3. The molecule has 3 rings (SSSR count). The number of anilines is 1. The normalized spacial score (nSPS) is 10.6. The number of benzene rings is 2. The molecule has 0 fully saturated rings. The van der Waals surface area contributed by atoms with E-state index in [4.69, 9.17) is 0 Å². The summed E-state index contributed by atoms with van der Waals surface area (Å²) >= 11 is 3.17. The van der Waals surface area contributed by atoms with Crippen molar-refractivity contribution in [2.24, 2.45) is 0 Å². The Balaban J connectivity index is 1.59. The second-order valence-corrected chi connectivity index (χ2v) is 6.60. The number of aromatic nitrogens is 1. The number of carbonyl (C=O) groups excluding carboxylic acids is 1. The third-order valence-corrected chi connectivity index (χ3v) is 4.29. The summed E-state index contributed by atoms with van der Waals surface area (Å²) in [5.74, 6) is -0.797. The van der Waals surface area contributed by atoms with Gasteiger partial charge in [-0.05, 0) is 48.0 Å². The van der Waals surface area contributed by atoms with Gasteiger partial charge in [0.2, 0.25) is 0 Å². The van der Waals surface area contributed by atoms with Crippen molar-refractivity contribution in [3.05, 3.63) is 88.2 Å². The maximum Gasteiger partial charge on any atom is 0.319 e. The van der Waals surface area contributed by atoms with Gasteiger partial charge in [0.25, 0.3) is 0 Å². The van der Waals surface area contributed by atoms with E-state index in [0.717, 1.165) is 11.3 Å². The summed E-state index contributed by atoms with van der Waals surface area (Å²) in [5, 5.41) is 5.18. The standard InChI is InChI=1S/C19H16BrF2N3O/c20-14-5-8-18(17(22)10-14)24-19(26)23-11-16-2-1-9-25(16)12-13-3-6-15(21)7-4-13/h1-10H,11-12H2,(H2,23,24,26). The van der Waals surface area contributed by atoms with Gasteiger partial charge in [0.15, 0.2) is 0 Å². The molecule has 2 aromatic carbocycles. The molecule has 7 heteroatoms. The van der Waals surface area contributed by atoms with E-state index < -0.39 is 11.8 Å². The Morgan fingerprint density at radius 1 is 1.08 bits per heavy atom.